The highest BCUT2D eigenvalue weighted by Crippen LogP contribution is 2.13. The van der Waals surface area contributed by atoms with Crippen molar-refractivity contribution in [3.8, 4) is 0 Å². The van der Waals surface area contributed by atoms with Gasteiger partial charge in [-0.2, -0.15) is 0 Å². The molecule has 0 fully saturated rings. The average Bonchev–Trinajstić information content (AvgIpc) is 2.38. The van der Waals surface area contributed by atoms with E-state index in [9.17, 15) is 4.79 Å². The lowest BCUT2D eigenvalue weighted by Crippen LogP contribution is -1.98. The molecule has 0 saturated heterocycles. The van der Waals surface area contributed by atoms with Gasteiger partial charge in [-0.3, -0.25) is 4.79 Å². The van der Waals surface area contributed by atoms with Gasteiger partial charge in [-0.1, -0.05) is 70.6 Å². The van der Waals surface area contributed by atoms with Crippen molar-refractivity contribution in [2.75, 3.05) is 0 Å². The van der Waals surface area contributed by atoms with Gasteiger partial charge in [-0.15, -0.1) is 0 Å². The first kappa shape index (κ1) is 19.4. The summed E-state index contributed by atoms with van der Waals surface area (Å²) in [6.45, 7) is 1.86. The van der Waals surface area contributed by atoms with Crippen LogP contribution < -0.4 is 0 Å². The Balaban J connectivity index is 2.97. The minimum absolute atomic E-state index is 0.134. The van der Waals surface area contributed by atoms with Gasteiger partial charge in [-0.25, -0.2) is 0 Å². The third kappa shape index (κ3) is 17.4. The zero-order valence-electron chi connectivity index (χ0n) is 13.3. The molecule has 0 aromatic carbocycles. The molecule has 0 aromatic rings. The molecule has 20 heavy (non-hydrogen) atoms. The van der Waals surface area contributed by atoms with Crippen molar-refractivity contribution < 1.29 is 15.0 Å². The molecule has 3 heteroatoms. The predicted octanol–water partition coefficient (Wildman–Crippen LogP) is 4.91. The first-order valence-electron chi connectivity index (χ1n) is 8.53. The SMILES string of the molecule is CC(O)CCCCCCCCCCCCCCC(=O)O. The first-order chi connectivity index (χ1) is 9.63. The van der Waals surface area contributed by atoms with Crippen LogP contribution in [0.4, 0.5) is 0 Å². The molecule has 0 saturated carbocycles. The zero-order chi connectivity index (χ0) is 15.1. The molecule has 1 unspecified atom stereocenters. The number of hydrogen-bond donors (Lipinski definition) is 2. The van der Waals surface area contributed by atoms with Crippen molar-refractivity contribution in [1.29, 1.82) is 0 Å². The summed E-state index contributed by atoms with van der Waals surface area (Å²) < 4.78 is 0. The van der Waals surface area contributed by atoms with Gasteiger partial charge in [-0.05, 0) is 19.8 Å². The Hall–Kier alpha value is -0.570. The number of carboxylic acid groups (broad SMARTS) is 1. The quantitative estimate of drug-likeness (QED) is 0.420. The highest BCUT2D eigenvalue weighted by atomic mass is 16.4. The van der Waals surface area contributed by atoms with Gasteiger partial charge in [0.1, 0.15) is 0 Å². The van der Waals surface area contributed by atoms with Gasteiger partial charge in [0.2, 0.25) is 0 Å². The van der Waals surface area contributed by atoms with Gasteiger partial charge in [0.15, 0.2) is 0 Å². The van der Waals surface area contributed by atoms with E-state index in [-0.39, 0.29) is 6.10 Å². The normalized spacial score (nSPS) is 12.5. The molecule has 0 aliphatic rings. The topological polar surface area (TPSA) is 57.5 Å². The Morgan fingerprint density at radius 3 is 1.45 bits per heavy atom. The van der Waals surface area contributed by atoms with Crippen molar-refractivity contribution >= 4 is 5.97 Å². The second-order valence-electron chi connectivity index (χ2n) is 6.02. The monoisotopic (exact) mass is 286 g/mol. The van der Waals surface area contributed by atoms with E-state index in [0.29, 0.717) is 6.42 Å². The van der Waals surface area contributed by atoms with Crippen LogP contribution in [0.2, 0.25) is 0 Å². The minimum Gasteiger partial charge on any atom is -0.481 e. The Bertz CT molecular complexity index is 214. The van der Waals surface area contributed by atoms with E-state index >= 15 is 0 Å². The molecule has 0 aromatic heterocycles. The Morgan fingerprint density at radius 2 is 1.10 bits per heavy atom. The number of carbonyl (C=O) groups is 1. The molecule has 3 nitrogen and oxygen atoms in total. The van der Waals surface area contributed by atoms with Crippen LogP contribution in [-0.4, -0.2) is 22.3 Å². The molecular weight excluding hydrogens is 252 g/mol. The second-order valence-corrected chi connectivity index (χ2v) is 6.02. The molecular formula is C17H34O3. The van der Waals surface area contributed by atoms with Crippen molar-refractivity contribution in [1.82, 2.24) is 0 Å². The molecule has 0 aliphatic heterocycles. The Morgan fingerprint density at radius 1 is 0.750 bits per heavy atom. The van der Waals surface area contributed by atoms with Crippen molar-refractivity contribution in [3.05, 3.63) is 0 Å². The summed E-state index contributed by atoms with van der Waals surface area (Å²) in [6, 6.07) is 0. The average molecular weight is 286 g/mol. The molecule has 0 heterocycles. The molecule has 0 rings (SSSR count). The molecule has 0 bridgehead atoms. The summed E-state index contributed by atoms with van der Waals surface area (Å²) in [7, 11) is 0. The highest BCUT2D eigenvalue weighted by Gasteiger charge is 1.97. The molecule has 0 radical (unpaired) electrons. The van der Waals surface area contributed by atoms with Crippen molar-refractivity contribution in [2.24, 2.45) is 0 Å². The number of aliphatic hydroxyl groups excluding tert-OH is 1. The lowest BCUT2D eigenvalue weighted by Gasteiger charge is -2.04. The summed E-state index contributed by atoms with van der Waals surface area (Å²) in [6.07, 6.45) is 15.9. The predicted molar refractivity (Wildman–Crippen MR) is 84.0 cm³/mol. The van der Waals surface area contributed by atoms with Gasteiger partial charge in [0.05, 0.1) is 6.10 Å². The summed E-state index contributed by atoms with van der Waals surface area (Å²) >= 11 is 0. The van der Waals surface area contributed by atoms with E-state index < -0.39 is 5.97 Å². The van der Waals surface area contributed by atoms with Crippen LogP contribution in [0.3, 0.4) is 0 Å². The van der Waals surface area contributed by atoms with E-state index in [4.69, 9.17) is 10.2 Å². The summed E-state index contributed by atoms with van der Waals surface area (Å²) in [5, 5.41) is 17.6. The Labute approximate surface area is 124 Å². The van der Waals surface area contributed by atoms with Crippen LogP contribution in [0.1, 0.15) is 96.8 Å². The summed E-state index contributed by atoms with van der Waals surface area (Å²) in [5.41, 5.74) is 0. The van der Waals surface area contributed by atoms with E-state index in [1.165, 1.54) is 57.8 Å². The molecule has 0 amide bonds. The lowest BCUT2D eigenvalue weighted by atomic mass is 10.0. The van der Waals surface area contributed by atoms with Gasteiger partial charge < -0.3 is 10.2 Å². The molecule has 120 valence electrons. The van der Waals surface area contributed by atoms with Crippen LogP contribution in [0.5, 0.6) is 0 Å². The fraction of sp³-hybridized carbons (Fsp3) is 0.941. The number of carboxylic acids is 1. The maximum Gasteiger partial charge on any atom is 0.303 e. The van der Waals surface area contributed by atoms with E-state index in [0.717, 1.165) is 25.7 Å². The summed E-state index contributed by atoms with van der Waals surface area (Å²) in [4.78, 5) is 10.3. The van der Waals surface area contributed by atoms with Gasteiger partial charge in [0.25, 0.3) is 0 Å². The number of rotatable bonds is 15. The maximum atomic E-state index is 10.3. The van der Waals surface area contributed by atoms with Gasteiger partial charge in [0, 0.05) is 6.42 Å². The van der Waals surface area contributed by atoms with Crippen molar-refractivity contribution in [2.45, 2.75) is 103 Å². The van der Waals surface area contributed by atoms with Crippen LogP contribution >= 0.6 is 0 Å². The Kier molecular flexibility index (Phi) is 14.4. The summed E-state index contributed by atoms with van der Waals surface area (Å²) in [5.74, 6) is -0.668. The fourth-order valence-electron chi connectivity index (χ4n) is 2.48. The highest BCUT2D eigenvalue weighted by molar-refractivity contribution is 5.66. The number of aliphatic hydroxyl groups is 1. The lowest BCUT2D eigenvalue weighted by molar-refractivity contribution is -0.137. The van der Waals surface area contributed by atoms with E-state index in [2.05, 4.69) is 0 Å². The number of hydrogen-bond acceptors (Lipinski definition) is 2. The molecule has 1 atom stereocenters. The van der Waals surface area contributed by atoms with Crippen LogP contribution in [0.25, 0.3) is 0 Å². The van der Waals surface area contributed by atoms with E-state index in [1.807, 2.05) is 6.92 Å². The molecule has 0 aliphatic carbocycles. The largest absolute Gasteiger partial charge is 0.481 e. The third-order valence-electron chi connectivity index (χ3n) is 3.76. The van der Waals surface area contributed by atoms with Crippen molar-refractivity contribution in [3.63, 3.8) is 0 Å². The van der Waals surface area contributed by atoms with Crippen LogP contribution in [0.15, 0.2) is 0 Å². The van der Waals surface area contributed by atoms with Crippen LogP contribution in [-0.2, 0) is 4.79 Å². The maximum absolute atomic E-state index is 10.3. The molecule has 0 spiro atoms. The van der Waals surface area contributed by atoms with Gasteiger partial charge >= 0.3 is 5.97 Å². The smallest absolute Gasteiger partial charge is 0.303 e. The number of unbranched alkanes of at least 4 members (excludes halogenated alkanes) is 11. The fourth-order valence-corrected chi connectivity index (χ4v) is 2.48. The molecule has 2 N–H and O–H groups in total. The first-order valence-corrected chi connectivity index (χ1v) is 8.53. The third-order valence-corrected chi connectivity index (χ3v) is 3.76. The zero-order valence-corrected chi connectivity index (χ0v) is 13.3. The standard InChI is InChI=1S/C17H34O3/c1-16(18)14-12-10-8-6-4-2-3-5-7-9-11-13-15-17(19)20/h16,18H,2-15H2,1H3,(H,19,20). The van der Waals surface area contributed by atoms with E-state index in [1.54, 1.807) is 0 Å². The van der Waals surface area contributed by atoms with Crippen LogP contribution in [0, 0.1) is 0 Å². The second kappa shape index (κ2) is 14.8. The number of aliphatic carboxylic acids is 1. The minimum atomic E-state index is -0.668.